The van der Waals surface area contributed by atoms with E-state index in [0.717, 1.165) is 38.5 Å². The van der Waals surface area contributed by atoms with Gasteiger partial charge in [-0.15, -0.1) is 12.4 Å². The van der Waals surface area contributed by atoms with Gasteiger partial charge in [0.1, 0.15) is 12.4 Å². The lowest BCUT2D eigenvalue weighted by Crippen LogP contribution is -2.50. The van der Waals surface area contributed by atoms with E-state index in [9.17, 15) is 0 Å². The molecule has 19 heavy (non-hydrogen) atoms. The van der Waals surface area contributed by atoms with Crippen LogP contribution in [0, 0.1) is 13.8 Å². The Balaban J connectivity index is 0.00000180. The second-order valence-electron chi connectivity index (χ2n) is 5.16. The molecule has 1 aliphatic heterocycles. The molecule has 0 bridgehead atoms. The number of hydrogen-bond acceptors (Lipinski definition) is 3. The Morgan fingerprint density at radius 1 is 1.32 bits per heavy atom. The molecule has 0 saturated carbocycles. The van der Waals surface area contributed by atoms with Crippen LogP contribution < -0.4 is 10.1 Å². The molecule has 1 N–H and O–H groups in total. The van der Waals surface area contributed by atoms with E-state index in [4.69, 9.17) is 4.74 Å². The molecule has 0 radical (unpaired) electrons. The standard InChI is InChI=1S/C15H24N2O.ClH/c1-12-5-4-6-13(2)15(12)18-10-9-17-8-7-16-11-14(17)3;/h4-6,14,16H,7-11H2,1-3H3;1H/t14-;/m0./s1. The smallest absolute Gasteiger partial charge is 0.125 e. The lowest BCUT2D eigenvalue weighted by Gasteiger charge is -2.33. The molecule has 1 aliphatic rings. The molecule has 0 spiro atoms. The van der Waals surface area contributed by atoms with Gasteiger partial charge in [0.05, 0.1) is 0 Å². The van der Waals surface area contributed by atoms with Crippen molar-refractivity contribution in [3.8, 4) is 5.75 Å². The van der Waals surface area contributed by atoms with E-state index in [-0.39, 0.29) is 12.4 Å². The van der Waals surface area contributed by atoms with Gasteiger partial charge in [-0.2, -0.15) is 0 Å². The molecule has 1 aromatic rings. The predicted molar refractivity (Wildman–Crippen MR) is 82.6 cm³/mol. The van der Waals surface area contributed by atoms with Crippen LogP contribution >= 0.6 is 12.4 Å². The van der Waals surface area contributed by atoms with Crippen LogP contribution in [-0.4, -0.2) is 43.7 Å². The first-order valence-electron chi connectivity index (χ1n) is 6.82. The number of aryl methyl sites for hydroxylation is 2. The maximum Gasteiger partial charge on any atom is 0.125 e. The number of benzene rings is 1. The van der Waals surface area contributed by atoms with Gasteiger partial charge in [-0.3, -0.25) is 4.90 Å². The van der Waals surface area contributed by atoms with Crippen LogP contribution in [0.25, 0.3) is 0 Å². The molecular weight excluding hydrogens is 260 g/mol. The SMILES string of the molecule is Cc1cccc(C)c1OCCN1CCNC[C@@H]1C.Cl. The third kappa shape index (κ3) is 4.37. The summed E-state index contributed by atoms with van der Waals surface area (Å²) in [5, 5.41) is 3.41. The van der Waals surface area contributed by atoms with Crippen molar-refractivity contribution >= 4 is 12.4 Å². The summed E-state index contributed by atoms with van der Waals surface area (Å²) < 4.78 is 5.96. The van der Waals surface area contributed by atoms with Crippen LogP contribution in [-0.2, 0) is 0 Å². The van der Waals surface area contributed by atoms with E-state index >= 15 is 0 Å². The van der Waals surface area contributed by atoms with Gasteiger partial charge in [0.15, 0.2) is 0 Å². The zero-order valence-electron chi connectivity index (χ0n) is 12.1. The van der Waals surface area contributed by atoms with E-state index in [1.54, 1.807) is 0 Å². The molecule has 1 heterocycles. The summed E-state index contributed by atoms with van der Waals surface area (Å²) in [5.74, 6) is 1.06. The molecule has 0 aliphatic carbocycles. The molecular formula is C15H25ClN2O. The average molecular weight is 285 g/mol. The number of halogens is 1. The third-order valence-electron chi connectivity index (χ3n) is 3.67. The summed E-state index contributed by atoms with van der Waals surface area (Å²) in [5.41, 5.74) is 2.45. The molecule has 0 aromatic heterocycles. The zero-order chi connectivity index (χ0) is 13.0. The van der Waals surface area contributed by atoms with E-state index in [2.05, 4.69) is 49.2 Å². The third-order valence-corrected chi connectivity index (χ3v) is 3.67. The van der Waals surface area contributed by atoms with Gasteiger partial charge in [-0.25, -0.2) is 0 Å². The van der Waals surface area contributed by atoms with Crippen LogP contribution in [0.15, 0.2) is 18.2 Å². The van der Waals surface area contributed by atoms with E-state index in [0.29, 0.717) is 6.04 Å². The number of rotatable bonds is 4. The van der Waals surface area contributed by atoms with Crippen LogP contribution in [0.4, 0.5) is 0 Å². The largest absolute Gasteiger partial charge is 0.492 e. The number of hydrogen-bond donors (Lipinski definition) is 1. The Hall–Kier alpha value is -0.770. The molecule has 1 saturated heterocycles. The first-order valence-corrected chi connectivity index (χ1v) is 6.82. The normalized spacial score (nSPS) is 19.8. The van der Waals surface area contributed by atoms with Crippen molar-refractivity contribution < 1.29 is 4.74 Å². The highest BCUT2D eigenvalue weighted by Crippen LogP contribution is 2.22. The molecule has 0 unspecified atom stereocenters. The number of nitrogens with zero attached hydrogens (tertiary/aromatic N) is 1. The fraction of sp³-hybridized carbons (Fsp3) is 0.600. The molecule has 1 aromatic carbocycles. The number of nitrogens with one attached hydrogen (secondary N) is 1. The Bertz CT molecular complexity index is 377. The number of piperazine rings is 1. The van der Waals surface area contributed by atoms with Gasteiger partial charge in [-0.05, 0) is 31.9 Å². The summed E-state index contributed by atoms with van der Waals surface area (Å²) >= 11 is 0. The fourth-order valence-electron chi connectivity index (χ4n) is 2.51. The van der Waals surface area contributed by atoms with Gasteiger partial charge in [0, 0.05) is 32.2 Å². The van der Waals surface area contributed by atoms with Gasteiger partial charge >= 0.3 is 0 Å². The van der Waals surface area contributed by atoms with Crippen molar-refractivity contribution in [3.63, 3.8) is 0 Å². The van der Waals surface area contributed by atoms with Crippen molar-refractivity contribution in [1.82, 2.24) is 10.2 Å². The van der Waals surface area contributed by atoms with Gasteiger partial charge in [0.2, 0.25) is 0 Å². The predicted octanol–water partition coefficient (Wildman–Crippen LogP) is 2.40. The minimum absolute atomic E-state index is 0. The highest BCUT2D eigenvalue weighted by molar-refractivity contribution is 5.85. The summed E-state index contributed by atoms with van der Waals surface area (Å²) in [6.07, 6.45) is 0. The fourth-order valence-corrected chi connectivity index (χ4v) is 2.51. The number of para-hydroxylation sites is 1. The maximum absolute atomic E-state index is 5.96. The lowest BCUT2D eigenvalue weighted by atomic mass is 10.1. The monoisotopic (exact) mass is 284 g/mol. The van der Waals surface area contributed by atoms with Crippen molar-refractivity contribution in [2.75, 3.05) is 32.8 Å². The van der Waals surface area contributed by atoms with Crippen LogP contribution in [0.2, 0.25) is 0 Å². The van der Waals surface area contributed by atoms with Gasteiger partial charge in [-0.1, -0.05) is 18.2 Å². The number of ether oxygens (including phenoxy) is 1. The van der Waals surface area contributed by atoms with Gasteiger partial charge < -0.3 is 10.1 Å². The van der Waals surface area contributed by atoms with E-state index in [1.165, 1.54) is 11.1 Å². The highest BCUT2D eigenvalue weighted by Gasteiger charge is 2.17. The van der Waals surface area contributed by atoms with E-state index in [1.807, 2.05) is 0 Å². The quantitative estimate of drug-likeness (QED) is 0.919. The van der Waals surface area contributed by atoms with Crippen molar-refractivity contribution in [1.29, 1.82) is 0 Å². The molecule has 3 nitrogen and oxygen atoms in total. The van der Waals surface area contributed by atoms with E-state index < -0.39 is 0 Å². The summed E-state index contributed by atoms with van der Waals surface area (Å²) in [4.78, 5) is 2.49. The Morgan fingerprint density at radius 3 is 2.63 bits per heavy atom. The van der Waals surface area contributed by atoms with Crippen molar-refractivity contribution in [3.05, 3.63) is 29.3 Å². The average Bonchev–Trinajstić information content (AvgIpc) is 2.35. The first-order chi connectivity index (χ1) is 8.68. The molecule has 2 rings (SSSR count). The topological polar surface area (TPSA) is 24.5 Å². The van der Waals surface area contributed by atoms with Crippen LogP contribution in [0.3, 0.4) is 0 Å². The Labute approximate surface area is 122 Å². The molecule has 0 amide bonds. The Kier molecular flexibility index (Phi) is 6.63. The molecule has 108 valence electrons. The van der Waals surface area contributed by atoms with Crippen LogP contribution in [0.1, 0.15) is 18.1 Å². The first kappa shape index (κ1) is 16.3. The molecule has 4 heteroatoms. The summed E-state index contributed by atoms with van der Waals surface area (Å²) in [7, 11) is 0. The second-order valence-corrected chi connectivity index (χ2v) is 5.16. The summed E-state index contributed by atoms with van der Waals surface area (Å²) in [6, 6.07) is 6.90. The molecule has 1 atom stereocenters. The highest BCUT2D eigenvalue weighted by atomic mass is 35.5. The van der Waals surface area contributed by atoms with Crippen LogP contribution in [0.5, 0.6) is 5.75 Å². The zero-order valence-corrected chi connectivity index (χ0v) is 12.9. The minimum atomic E-state index is 0. The van der Waals surface area contributed by atoms with Gasteiger partial charge in [0.25, 0.3) is 0 Å². The maximum atomic E-state index is 5.96. The van der Waals surface area contributed by atoms with Crippen molar-refractivity contribution in [2.24, 2.45) is 0 Å². The lowest BCUT2D eigenvalue weighted by molar-refractivity contribution is 0.143. The minimum Gasteiger partial charge on any atom is -0.492 e. The van der Waals surface area contributed by atoms with Crippen molar-refractivity contribution in [2.45, 2.75) is 26.8 Å². The second kappa shape index (κ2) is 7.73. The Morgan fingerprint density at radius 2 is 2.00 bits per heavy atom. The summed E-state index contributed by atoms with van der Waals surface area (Å²) in [6.45, 7) is 11.6. The molecule has 1 fully saturated rings.